The molecular formula is C12H9Cl2FN2O2S. The molecule has 0 radical (unpaired) electrons. The van der Waals surface area contributed by atoms with E-state index in [2.05, 4.69) is 9.71 Å². The SMILES string of the molecule is O=S(=O)(NCc1ccc(F)cc1)c1cnc(Cl)c(Cl)c1. The zero-order valence-corrected chi connectivity index (χ0v) is 12.3. The molecular weight excluding hydrogens is 326 g/mol. The summed E-state index contributed by atoms with van der Waals surface area (Å²) in [4.78, 5) is 3.59. The molecule has 0 aliphatic rings. The van der Waals surface area contributed by atoms with Crippen molar-refractivity contribution in [3.05, 3.63) is 58.1 Å². The Hall–Kier alpha value is -1.21. The van der Waals surface area contributed by atoms with Gasteiger partial charge < -0.3 is 0 Å². The van der Waals surface area contributed by atoms with E-state index in [1.165, 1.54) is 30.3 Å². The quantitative estimate of drug-likeness (QED) is 0.874. The van der Waals surface area contributed by atoms with Gasteiger partial charge in [0.05, 0.1) is 5.02 Å². The van der Waals surface area contributed by atoms with Gasteiger partial charge in [-0.15, -0.1) is 0 Å². The minimum Gasteiger partial charge on any atom is -0.242 e. The molecule has 1 N–H and O–H groups in total. The van der Waals surface area contributed by atoms with Crippen LogP contribution in [0.5, 0.6) is 0 Å². The second-order valence-corrected chi connectivity index (χ2v) is 6.43. The van der Waals surface area contributed by atoms with E-state index >= 15 is 0 Å². The first-order chi connectivity index (χ1) is 9.38. The average molecular weight is 335 g/mol. The Labute approximate surface area is 125 Å². The molecule has 2 rings (SSSR count). The fourth-order valence-corrected chi connectivity index (χ4v) is 2.74. The normalized spacial score (nSPS) is 11.6. The average Bonchev–Trinajstić information content (AvgIpc) is 2.41. The number of halogens is 3. The summed E-state index contributed by atoms with van der Waals surface area (Å²) in [6, 6.07) is 6.70. The van der Waals surface area contributed by atoms with Crippen molar-refractivity contribution in [1.82, 2.24) is 9.71 Å². The van der Waals surface area contributed by atoms with Crippen LogP contribution >= 0.6 is 23.2 Å². The van der Waals surface area contributed by atoms with Gasteiger partial charge in [0.15, 0.2) is 0 Å². The van der Waals surface area contributed by atoms with E-state index in [9.17, 15) is 12.8 Å². The van der Waals surface area contributed by atoms with Crippen LogP contribution in [0.15, 0.2) is 41.4 Å². The highest BCUT2D eigenvalue weighted by Crippen LogP contribution is 2.22. The fraction of sp³-hybridized carbons (Fsp3) is 0.0833. The van der Waals surface area contributed by atoms with Crippen molar-refractivity contribution >= 4 is 33.2 Å². The Morgan fingerprint density at radius 2 is 1.85 bits per heavy atom. The summed E-state index contributed by atoms with van der Waals surface area (Å²) in [6.07, 6.45) is 1.11. The molecule has 2 aromatic rings. The van der Waals surface area contributed by atoms with Gasteiger partial charge >= 0.3 is 0 Å². The standard InChI is InChI=1S/C12H9Cl2FN2O2S/c13-11-5-10(7-16-12(11)14)20(18,19)17-6-8-1-3-9(15)4-2-8/h1-5,7,17H,6H2. The first-order valence-electron chi connectivity index (χ1n) is 5.43. The maximum Gasteiger partial charge on any atom is 0.242 e. The number of nitrogens with zero attached hydrogens (tertiary/aromatic N) is 1. The Bertz CT molecular complexity index is 721. The van der Waals surface area contributed by atoms with Crippen molar-refractivity contribution in [1.29, 1.82) is 0 Å². The van der Waals surface area contributed by atoms with Crippen LogP contribution in [-0.2, 0) is 16.6 Å². The van der Waals surface area contributed by atoms with Gasteiger partial charge in [-0.3, -0.25) is 0 Å². The molecule has 0 aliphatic heterocycles. The number of aromatic nitrogens is 1. The third kappa shape index (κ3) is 3.67. The molecule has 0 amide bonds. The molecule has 0 bridgehead atoms. The minimum atomic E-state index is -3.76. The highest BCUT2D eigenvalue weighted by Gasteiger charge is 2.16. The van der Waals surface area contributed by atoms with Crippen LogP contribution in [0, 0.1) is 5.82 Å². The van der Waals surface area contributed by atoms with E-state index in [1.807, 2.05) is 0 Å². The summed E-state index contributed by atoms with van der Waals surface area (Å²) < 4.78 is 39.1. The van der Waals surface area contributed by atoms with Crippen LogP contribution in [0.25, 0.3) is 0 Å². The van der Waals surface area contributed by atoms with E-state index in [0.717, 1.165) is 6.20 Å². The van der Waals surface area contributed by atoms with Gasteiger partial charge in [-0.2, -0.15) is 0 Å². The van der Waals surface area contributed by atoms with Crippen molar-refractivity contribution in [2.24, 2.45) is 0 Å². The van der Waals surface area contributed by atoms with E-state index in [1.54, 1.807) is 0 Å². The number of benzene rings is 1. The van der Waals surface area contributed by atoms with Crippen LogP contribution in [0.1, 0.15) is 5.56 Å². The molecule has 1 heterocycles. The van der Waals surface area contributed by atoms with Gasteiger partial charge in [0.25, 0.3) is 0 Å². The van der Waals surface area contributed by atoms with Crippen molar-refractivity contribution in [2.45, 2.75) is 11.4 Å². The summed E-state index contributed by atoms with van der Waals surface area (Å²) >= 11 is 11.4. The van der Waals surface area contributed by atoms with Crippen LogP contribution in [0.2, 0.25) is 10.2 Å². The van der Waals surface area contributed by atoms with E-state index in [-0.39, 0.29) is 27.4 Å². The van der Waals surface area contributed by atoms with Gasteiger partial charge in [-0.25, -0.2) is 22.5 Å². The van der Waals surface area contributed by atoms with Crippen molar-refractivity contribution < 1.29 is 12.8 Å². The van der Waals surface area contributed by atoms with Crippen molar-refractivity contribution in [3.63, 3.8) is 0 Å². The van der Waals surface area contributed by atoms with E-state index in [4.69, 9.17) is 23.2 Å². The zero-order valence-electron chi connectivity index (χ0n) is 9.98. The number of hydrogen-bond acceptors (Lipinski definition) is 3. The lowest BCUT2D eigenvalue weighted by Crippen LogP contribution is -2.23. The topological polar surface area (TPSA) is 59.1 Å². The van der Waals surface area contributed by atoms with Gasteiger partial charge in [0.1, 0.15) is 15.9 Å². The molecule has 8 heteroatoms. The number of sulfonamides is 1. The summed E-state index contributed by atoms with van der Waals surface area (Å²) in [5, 5.41) is 0.0838. The Morgan fingerprint density at radius 3 is 2.45 bits per heavy atom. The molecule has 1 aromatic heterocycles. The number of rotatable bonds is 4. The molecule has 4 nitrogen and oxygen atoms in total. The molecule has 0 spiro atoms. The van der Waals surface area contributed by atoms with Crippen LogP contribution in [-0.4, -0.2) is 13.4 Å². The van der Waals surface area contributed by atoms with Crippen LogP contribution in [0.3, 0.4) is 0 Å². The molecule has 106 valence electrons. The van der Waals surface area contributed by atoms with Gasteiger partial charge in [-0.1, -0.05) is 35.3 Å². The lowest BCUT2D eigenvalue weighted by atomic mass is 10.2. The predicted octanol–water partition coefficient (Wildman–Crippen LogP) is 3.01. The van der Waals surface area contributed by atoms with E-state index in [0.29, 0.717) is 5.56 Å². The lowest BCUT2D eigenvalue weighted by molar-refractivity contribution is 0.580. The fourth-order valence-electron chi connectivity index (χ4n) is 1.41. The van der Waals surface area contributed by atoms with Crippen molar-refractivity contribution in [2.75, 3.05) is 0 Å². The molecule has 20 heavy (non-hydrogen) atoms. The highest BCUT2D eigenvalue weighted by molar-refractivity contribution is 7.89. The second-order valence-electron chi connectivity index (χ2n) is 3.89. The third-order valence-corrected chi connectivity index (χ3v) is 4.52. The molecule has 0 atom stereocenters. The molecule has 0 saturated heterocycles. The first kappa shape index (κ1) is 15.2. The van der Waals surface area contributed by atoms with Gasteiger partial charge in [0, 0.05) is 12.7 Å². The smallest absolute Gasteiger partial charge is 0.242 e. The summed E-state index contributed by atoms with van der Waals surface area (Å²) in [5.74, 6) is -0.384. The lowest BCUT2D eigenvalue weighted by Gasteiger charge is -2.07. The Kier molecular flexibility index (Phi) is 4.59. The number of hydrogen-bond donors (Lipinski definition) is 1. The zero-order chi connectivity index (χ0) is 14.8. The monoisotopic (exact) mass is 334 g/mol. The van der Waals surface area contributed by atoms with E-state index < -0.39 is 10.0 Å². The third-order valence-electron chi connectivity index (χ3n) is 2.46. The number of nitrogens with one attached hydrogen (secondary N) is 1. The van der Waals surface area contributed by atoms with Crippen LogP contribution < -0.4 is 4.72 Å². The first-order valence-corrected chi connectivity index (χ1v) is 7.67. The summed E-state index contributed by atoms with van der Waals surface area (Å²) in [6.45, 7) is 0.0306. The molecule has 0 unspecified atom stereocenters. The predicted molar refractivity (Wildman–Crippen MR) is 74.7 cm³/mol. The Morgan fingerprint density at radius 1 is 1.20 bits per heavy atom. The second kappa shape index (κ2) is 6.05. The number of pyridine rings is 1. The molecule has 0 saturated carbocycles. The maximum atomic E-state index is 12.7. The minimum absolute atomic E-state index is 0.0306. The summed E-state index contributed by atoms with van der Waals surface area (Å²) in [5.41, 5.74) is 0.628. The van der Waals surface area contributed by atoms with Gasteiger partial charge in [-0.05, 0) is 23.8 Å². The maximum absolute atomic E-state index is 12.7. The highest BCUT2D eigenvalue weighted by atomic mass is 35.5. The Balaban J connectivity index is 2.14. The van der Waals surface area contributed by atoms with Crippen molar-refractivity contribution in [3.8, 4) is 0 Å². The molecule has 0 fully saturated rings. The summed E-state index contributed by atoms with van der Waals surface area (Å²) in [7, 11) is -3.76. The van der Waals surface area contributed by atoms with Crippen LogP contribution in [0.4, 0.5) is 4.39 Å². The largest absolute Gasteiger partial charge is 0.242 e. The molecule has 0 aliphatic carbocycles. The van der Waals surface area contributed by atoms with Gasteiger partial charge in [0.2, 0.25) is 10.0 Å². The molecule has 1 aromatic carbocycles.